The zero-order valence-corrected chi connectivity index (χ0v) is 9.97. The summed E-state index contributed by atoms with van der Waals surface area (Å²) in [4.78, 5) is 0. The SMILES string of the molecule is N#Cc1cccc2onnncccccccc12. The summed E-state index contributed by atoms with van der Waals surface area (Å²) in [5.74, 6) is 0. The number of nitrogens with zero attached hydrogens (tertiary/aromatic N) is 4. The maximum atomic E-state index is 9.08. The highest BCUT2D eigenvalue weighted by Gasteiger charge is 1.98. The molecule has 2 aromatic rings. The summed E-state index contributed by atoms with van der Waals surface area (Å²) >= 11 is 0. The van der Waals surface area contributed by atoms with E-state index < -0.39 is 0 Å². The van der Waals surface area contributed by atoms with Crippen molar-refractivity contribution in [2.75, 3.05) is 0 Å². The van der Waals surface area contributed by atoms with Crippen LogP contribution in [0.1, 0.15) is 5.56 Å². The topological polar surface area (TPSA) is 75.6 Å². The van der Waals surface area contributed by atoms with Crippen molar-refractivity contribution in [2.24, 2.45) is 0 Å². The molecule has 0 saturated carbocycles. The minimum absolute atomic E-state index is 0.454. The van der Waals surface area contributed by atoms with Crippen LogP contribution in [0.2, 0.25) is 0 Å². The lowest BCUT2D eigenvalue weighted by Crippen LogP contribution is -1.79. The zero-order valence-electron chi connectivity index (χ0n) is 9.97. The Morgan fingerprint density at radius 1 is 0.947 bits per heavy atom. The molecule has 0 aliphatic carbocycles. The highest BCUT2D eigenvalue weighted by atomic mass is 16.5. The molecular formula is C14H10N4O. The molecule has 5 heteroatoms. The summed E-state index contributed by atoms with van der Waals surface area (Å²) in [5, 5.41) is 20.3. The van der Waals surface area contributed by atoms with E-state index in [-0.39, 0.29) is 0 Å². The van der Waals surface area contributed by atoms with Crippen LogP contribution in [0.15, 0.2) is 65.3 Å². The molecular weight excluding hydrogens is 240 g/mol. The van der Waals surface area contributed by atoms with E-state index in [1.54, 1.807) is 36.4 Å². The number of rotatable bonds is 0. The Balaban J connectivity index is 2.79. The van der Waals surface area contributed by atoms with Gasteiger partial charge in [-0.1, -0.05) is 30.3 Å². The van der Waals surface area contributed by atoms with E-state index in [1.807, 2.05) is 18.2 Å². The van der Waals surface area contributed by atoms with Crippen molar-refractivity contribution in [3.8, 4) is 6.07 Å². The number of benzene rings is 1. The van der Waals surface area contributed by atoms with Crippen molar-refractivity contribution in [1.82, 2.24) is 15.6 Å². The second-order valence-corrected chi connectivity index (χ2v) is 3.49. The van der Waals surface area contributed by atoms with Gasteiger partial charge in [-0.2, -0.15) is 5.26 Å². The van der Waals surface area contributed by atoms with Gasteiger partial charge in [0.25, 0.3) is 0 Å². The molecule has 92 valence electrons. The van der Waals surface area contributed by atoms with Crippen molar-refractivity contribution >= 4 is 11.0 Å². The molecule has 5 nitrogen and oxygen atoms in total. The normalized spacial score (nSPS) is 9.00. The lowest BCUT2D eigenvalue weighted by molar-refractivity contribution is 0.390. The van der Waals surface area contributed by atoms with E-state index in [0.29, 0.717) is 16.5 Å². The highest BCUT2D eigenvalue weighted by Crippen LogP contribution is 2.14. The smallest absolute Gasteiger partial charge is 0.168 e. The fraction of sp³-hybridized carbons (Fsp3) is 0. The first-order valence-corrected chi connectivity index (χ1v) is 5.55. The van der Waals surface area contributed by atoms with E-state index in [4.69, 9.17) is 9.78 Å². The third-order valence-electron chi connectivity index (χ3n) is 2.27. The van der Waals surface area contributed by atoms with Crippen molar-refractivity contribution < 1.29 is 4.52 Å². The molecule has 0 unspecified atom stereocenters. The molecule has 0 atom stereocenters. The number of nitriles is 1. The van der Waals surface area contributed by atoms with Crippen LogP contribution in [-0.4, -0.2) is 15.6 Å². The Labute approximate surface area is 109 Å². The Morgan fingerprint density at radius 3 is 2.68 bits per heavy atom. The summed E-state index contributed by atoms with van der Waals surface area (Å²) in [5.41, 5.74) is 0.959. The molecule has 19 heavy (non-hydrogen) atoms. The average Bonchev–Trinajstić information content (AvgIpc) is 2.47. The van der Waals surface area contributed by atoms with Gasteiger partial charge in [0.2, 0.25) is 0 Å². The lowest BCUT2D eigenvalue weighted by Gasteiger charge is -1.92. The van der Waals surface area contributed by atoms with Gasteiger partial charge in [0.1, 0.15) is 0 Å². The van der Waals surface area contributed by atoms with Crippen LogP contribution in [-0.2, 0) is 0 Å². The molecule has 0 amide bonds. The largest absolute Gasteiger partial charge is 0.337 e. The second kappa shape index (κ2) is 6.67. The van der Waals surface area contributed by atoms with Gasteiger partial charge in [0.05, 0.1) is 23.1 Å². The average molecular weight is 250 g/mol. The number of hydrogen-bond donors (Lipinski definition) is 0. The highest BCUT2D eigenvalue weighted by molar-refractivity contribution is 5.82. The molecule has 1 aromatic carbocycles. The monoisotopic (exact) mass is 250 g/mol. The van der Waals surface area contributed by atoms with Gasteiger partial charge in [0.15, 0.2) is 5.58 Å². The molecule has 0 fully saturated rings. The molecule has 0 spiro atoms. The summed E-state index contributed by atoms with van der Waals surface area (Å²) in [7, 11) is 0. The van der Waals surface area contributed by atoms with Crippen LogP contribution in [0.4, 0.5) is 0 Å². The van der Waals surface area contributed by atoms with E-state index in [9.17, 15) is 0 Å². The first-order chi connectivity index (χ1) is 9.42. The Morgan fingerprint density at radius 2 is 1.79 bits per heavy atom. The van der Waals surface area contributed by atoms with Crippen LogP contribution >= 0.6 is 0 Å². The summed E-state index contributed by atoms with van der Waals surface area (Å²) < 4.78 is 5.14. The number of hydrogen-bond acceptors (Lipinski definition) is 5. The minimum Gasteiger partial charge on any atom is -0.337 e. The van der Waals surface area contributed by atoms with Crippen LogP contribution in [0.5, 0.6) is 0 Å². The van der Waals surface area contributed by atoms with Gasteiger partial charge in [0, 0.05) is 5.39 Å². The molecule has 1 heterocycles. The predicted molar refractivity (Wildman–Crippen MR) is 69.6 cm³/mol. The maximum Gasteiger partial charge on any atom is 0.168 e. The fourth-order valence-corrected chi connectivity index (χ4v) is 1.44. The molecule has 0 bridgehead atoms. The maximum absolute atomic E-state index is 9.08. The van der Waals surface area contributed by atoms with E-state index in [1.165, 1.54) is 6.20 Å². The van der Waals surface area contributed by atoms with Crippen LogP contribution in [0.3, 0.4) is 0 Å². The molecule has 0 saturated heterocycles. The van der Waals surface area contributed by atoms with E-state index in [0.717, 1.165) is 0 Å². The van der Waals surface area contributed by atoms with Gasteiger partial charge < -0.3 is 4.52 Å². The summed E-state index contributed by atoms with van der Waals surface area (Å²) in [6, 6.07) is 18.1. The van der Waals surface area contributed by atoms with E-state index in [2.05, 4.69) is 21.7 Å². The third kappa shape index (κ3) is 3.48. The zero-order chi connectivity index (χ0) is 13.3. The first-order valence-electron chi connectivity index (χ1n) is 5.55. The molecule has 0 aliphatic rings. The minimum atomic E-state index is 0.454. The lowest BCUT2D eigenvalue weighted by atomic mass is 10.1. The van der Waals surface area contributed by atoms with Crippen LogP contribution in [0.25, 0.3) is 11.0 Å². The van der Waals surface area contributed by atoms with Crippen LogP contribution in [0, 0.1) is 11.3 Å². The van der Waals surface area contributed by atoms with Gasteiger partial charge in [-0.05, 0) is 29.5 Å². The van der Waals surface area contributed by atoms with Crippen molar-refractivity contribution in [2.45, 2.75) is 0 Å². The quantitative estimate of drug-likeness (QED) is 0.718. The molecule has 1 aromatic heterocycles. The van der Waals surface area contributed by atoms with Crippen molar-refractivity contribution in [1.29, 1.82) is 5.26 Å². The number of aromatic nitrogens is 3. The first kappa shape index (κ1) is 12.5. The molecule has 0 radical (unpaired) electrons. The molecule has 0 N–H and O–H groups in total. The second-order valence-electron chi connectivity index (χ2n) is 3.49. The van der Waals surface area contributed by atoms with Crippen molar-refractivity contribution in [3.63, 3.8) is 0 Å². The van der Waals surface area contributed by atoms with Crippen LogP contribution < -0.4 is 0 Å². The molecule has 2 rings (SSSR count). The predicted octanol–water partition coefficient (Wildman–Crippen LogP) is 2.74. The van der Waals surface area contributed by atoms with Gasteiger partial charge in [-0.25, -0.2) is 0 Å². The Hall–Kier alpha value is -3.00. The molecule has 0 aliphatic heterocycles. The number of fused-ring (bicyclic) bond motifs is 1. The van der Waals surface area contributed by atoms with E-state index >= 15 is 0 Å². The Bertz CT molecular complexity index is 716. The van der Waals surface area contributed by atoms with Gasteiger partial charge in [-0.15, -0.1) is 5.10 Å². The summed E-state index contributed by atoms with van der Waals surface area (Å²) in [6.07, 6.45) is 1.49. The van der Waals surface area contributed by atoms with Crippen molar-refractivity contribution in [3.05, 3.63) is 66.4 Å². The summed E-state index contributed by atoms with van der Waals surface area (Å²) in [6.45, 7) is 0. The van der Waals surface area contributed by atoms with Gasteiger partial charge in [-0.3, -0.25) is 0 Å². The van der Waals surface area contributed by atoms with Gasteiger partial charge >= 0.3 is 0 Å². The Kier molecular flexibility index (Phi) is 4.37. The third-order valence-corrected chi connectivity index (χ3v) is 2.27. The fourth-order valence-electron chi connectivity index (χ4n) is 1.44. The standard InChI is InChI=1S/C14H10N4O/c15-11-12-7-6-9-14-13(12)8-4-2-1-3-5-10-16-17-18-19-14/h1-10H.